The zero-order valence-corrected chi connectivity index (χ0v) is 13.5. The van der Waals surface area contributed by atoms with Gasteiger partial charge in [0.25, 0.3) is 0 Å². The van der Waals surface area contributed by atoms with Gasteiger partial charge >= 0.3 is 0 Å². The first-order chi connectivity index (χ1) is 9.63. The van der Waals surface area contributed by atoms with Gasteiger partial charge in [-0.25, -0.2) is 4.98 Å². The van der Waals surface area contributed by atoms with Crippen LogP contribution in [0.15, 0.2) is 22.7 Å². The van der Waals surface area contributed by atoms with E-state index in [0.29, 0.717) is 0 Å². The molecule has 0 saturated heterocycles. The van der Waals surface area contributed by atoms with Crippen LogP contribution in [-0.2, 0) is 6.54 Å². The third-order valence-electron chi connectivity index (χ3n) is 3.35. The molecule has 1 unspecified atom stereocenters. The number of rotatable bonds is 7. The first kappa shape index (κ1) is 15.1. The molecule has 110 valence electrons. The lowest BCUT2D eigenvalue weighted by atomic mass is 10.2. The van der Waals surface area contributed by atoms with Crippen LogP contribution in [0, 0.1) is 6.92 Å². The van der Waals surface area contributed by atoms with Crippen molar-refractivity contribution in [2.45, 2.75) is 40.3 Å². The van der Waals surface area contributed by atoms with Crippen molar-refractivity contribution in [1.29, 1.82) is 0 Å². The summed E-state index contributed by atoms with van der Waals surface area (Å²) in [5.74, 6) is 1.94. The third-order valence-corrected chi connectivity index (χ3v) is 4.40. The summed E-state index contributed by atoms with van der Waals surface area (Å²) < 4.78 is 5.63. The van der Waals surface area contributed by atoms with Crippen LogP contribution in [-0.4, -0.2) is 18.1 Å². The minimum Gasteiger partial charge on any atom is -0.465 e. The molecule has 4 nitrogen and oxygen atoms in total. The fourth-order valence-corrected chi connectivity index (χ4v) is 3.05. The Morgan fingerprint density at radius 2 is 2.10 bits per heavy atom. The van der Waals surface area contributed by atoms with Gasteiger partial charge in [0.2, 0.25) is 0 Å². The zero-order valence-electron chi connectivity index (χ0n) is 12.6. The highest BCUT2D eigenvalue weighted by atomic mass is 32.1. The monoisotopic (exact) mass is 293 g/mol. The molecule has 20 heavy (non-hydrogen) atoms. The van der Waals surface area contributed by atoms with Crippen LogP contribution in [0.5, 0.6) is 0 Å². The predicted molar refractivity (Wildman–Crippen MR) is 84.4 cm³/mol. The fraction of sp³-hybridized carbons (Fsp3) is 0.533. The van der Waals surface area contributed by atoms with Crippen LogP contribution < -0.4 is 10.2 Å². The van der Waals surface area contributed by atoms with Gasteiger partial charge in [-0.1, -0.05) is 0 Å². The molecule has 2 aromatic rings. The van der Waals surface area contributed by atoms with Crippen molar-refractivity contribution in [2.75, 3.05) is 18.0 Å². The van der Waals surface area contributed by atoms with E-state index in [0.717, 1.165) is 36.3 Å². The average Bonchev–Trinajstić information content (AvgIpc) is 3.07. The van der Waals surface area contributed by atoms with Crippen LogP contribution in [0.2, 0.25) is 0 Å². The summed E-state index contributed by atoms with van der Waals surface area (Å²) in [6, 6.07) is 4.24. The molecule has 0 spiro atoms. The second kappa shape index (κ2) is 6.90. The van der Waals surface area contributed by atoms with Crippen molar-refractivity contribution >= 4 is 16.5 Å². The molecule has 2 rings (SSSR count). The van der Waals surface area contributed by atoms with E-state index in [4.69, 9.17) is 4.42 Å². The Morgan fingerprint density at radius 1 is 1.35 bits per heavy atom. The van der Waals surface area contributed by atoms with E-state index in [9.17, 15) is 0 Å². The summed E-state index contributed by atoms with van der Waals surface area (Å²) in [6.45, 7) is 11.2. The predicted octanol–water partition coefficient (Wildman–Crippen LogP) is 3.74. The molecule has 0 saturated carbocycles. The van der Waals surface area contributed by atoms with Crippen LogP contribution >= 0.6 is 11.3 Å². The number of anilines is 1. The maximum absolute atomic E-state index is 5.63. The smallest absolute Gasteiger partial charge is 0.185 e. The van der Waals surface area contributed by atoms with Gasteiger partial charge in [0, 0.05) is 30.7 Å². The third kappa shape index (κ3) is 3.61. The number of hydrogen-bond acceptors (Lipinski definition) is 5. The van der Waals surface area contributed by atoms with Gasteiger partial charge in [-0.15, -0.1) is 11.3 Å². The zero-order chi connectivity index (χ0) is 14.5. The highest BCUT2D eigenvalue weighted by Gasteiger charge is 2.11. The molecule has 0 aromatic carbocycles. The van der Waals surface area contributed by atoms with Gasteiger partial charge < -0.3 is 14.6 Å². The summed E-state index contributed by atoms with van der Waals surface area (Å²) in [4.78, 5) is 8.02. The Kier molecular flexibility index (Phi) is 5.20. The first-order valence-corrected chi connectivity index (χ1v) is 7.95. The molecule has 0 radical (unpaired) electrons. The SMILES string of the molecule is CCN(CC)c1ncc(CNC(C)c2ccc(C)o2)s1. The van der Waals surface area contributed by atoms with E-state index < -0.39 is 0 Å². The van der Waals surface area contributed by atoms with E-state index >= 15 is 0 Å². The summed E-state index contributed by atoms with van der Waals surface area (Å²) in [7, 11) is 0. The molecule has 2 heterocycles. The second-order valence-electron chi connectivity index (χ2n) is 4.83. The fourth-order valence-electron chi connectivity index (χ4n) is 2.06. The number of hydrogen-bond donors (Lipinski definition) is 1. The van der Waals surface area contributed by atoms with Crippen molar-refractivity contribution in [3.63, 3.8) is 0 Å². The number of nitrogens with zero attached hydrogens (tertiary/aromatic N) is 2. The average molecular weight is 293 g/mol. The Morgan fingerprint density at radius 3 is 2.70 bits per heavy atom. The molecule has 0 fully saturated rings. The number of nitrogens with one attached hydrogen (secondary N) is 1. The van der Waals surface area contributed by atoms with Gasteiger partial charge in [-0.2, -0.15) is 0 Å². The van der Waals surface area contributed by atoms with E-state index in [-0.39, 0.29) is 6.04 Å². The lowest BCUT2D eigenvalue weighted by Gasteiger charge is -2.16. The number of thiazole rings is 1. The first-order valence-electron chi connectivity index (χ1n) is 7.13. The standard InChI is InChI=1S/C15H23N3OS/c1-5-18(6-2)15-17-10-13(20-15)9-16-12(4)14-8-7-11(3)19-14/h7-8,10,12,16H,5-6,9H2,1-4H3. The second-order valence-corrected chi connectivity index (χ2v) is 5.93. The van der Waals surface area contributed by atoms with E-state index in [1.165, 1.54) is 4.88 Å². The quantitative estimate of drug-likeness (QED) is 0.844. The molecular formula is C15H23N3OS. The normalized spacial score (nSPS) is 12.6. The topological polar surface area (TPSA) is 41.3 Å². The molecular weight excluding hydrogens is 270 g/mol. The van der Waals surface area contributed by atoms with Crippen molar-refractivity contribution in [2.24, 2.45) is 0 Å². The molecule has 0 aliphatic heterocycles. The summed E-state index contributed by atoms with van der Waals surface area (Å²) in [5, 5.41) is 4.58. The lowest BCUT2D eigenvalue weighted by molar-refractivity contribution is 0.416. The summed E-state index contributed by atoms with van der Waals surface area (Å²) in [6.07, 6.45) is 1.96. The van der Waals surface area contributed by atoms with Crippen LogP contribution in [0.4, 0.5) is 5.13 Å². The molecule has 0 bridgehead atoms. The lowest BCUT2D eigenvalue weighted by Crippen LogP contribution is -2.21. The number of aromatic nitrogens is 1. The van der Waals surface area contributed by atoms with Gasteiger partial charge in [-0.05, 0) is 39.8 Å². The molecule has 0 aliphatic rings. The molecule has 0 aliphatic carbocycles. The minimum atomic E-state index is 0.211. The molecule has 5 heteroatoms. The Labute approximate surface area is 124 Å². The van der Waals surface area contributed by atoms with Gasteiger partial charge in [0.1, 0.15) is 11.5 Å². The Hall–Kier alpha value is -1.33. The van der Waals surface area contributed by atoms with Crippen molar-refractivity contribution in [3.8, 4) is 0 Å². The van der Waals surface area contributed by atoms with Crippen LogP contribution in [0.3, 0.4) is 0 Å². The molecule has 2 aromatic heterocycles. The van der Waals surface area contributed by atoms with Crippen LogP contribution in [0.25, 0.3) is 0 Å². The molecule has 1 N–H and O–H groups in total. The highest BCUT2D eigenvalue weighted by molar-refractivity contribution is 7.15. The highest BCUT2D eigenvalue weighted by Crippen LogP contribution is 2.23. The number of furan rings is 1. The van der Waals surface area contributed by atoms with Gasteiger partial charge in [0.15, 0.2) is 5.13 Å². The largest absolute Gasteiger partial charge is 0.465 e. The Bertz CT molecular complexity index is 531. The molecule has 0 amide bonds. The maximum Gasteiger partial charge on any atom is 0.185 e. The number of aryl methyl sites for hydroxylation is 1. The molecule has 1 atom stereocenters. The van der Waals surface area contributed by atoms with Crippen molar-refractivity contribution in [3.05, 3.63) is 34.7 Å². The van der Waals surface area contributed by atoms with Crippen molar-refractivity contribution in [1.82, 2.24) is 10.3 Å². The van der Waals surface area contributed by atoms with E-state index in [2.05, 4.69) is 36.0 Å². The van der Waals surface area contributed by atoms with E-state index in [1.807, 2.05) is 25.3 Å². The van der Waals surface area contributed by atoms with E-state index in [1.54, 1.807) is 11.3 Å². The maximum atomic E-state index is 5.63. The summed E-state index contributed by atoms with van der Waals surface area (Å²) >= 11 is 1.75. The minimum absolute atomic E-state index is 0.211. The van der Waals surface area contributed by atoms with Gasteiger partial charge in [-0.3, -0.25) is 0 Å². The Balaban J connectivity index is 1.91. The van der Waals surface area contributed by atoms with Crippen LogP contribution in [0.1, 0.15) is 43.2 Å². The summed E-state index contributed by atoms with van der Waals surface area (Å²) in [5.41, 5.74) is 0. The van der Waals surface area contributed by atoms with Crippen molar-refractivity contribution < 1.29 is 4.42 Å². The van der Waals surface area contributed by atoms with Gasteiger partial charge in [0.05, 0.1) is 6.04 Å².